The van der Waals surface area contributed by atoms with Gasteiger partial charge < -0.3 is 4.90 Å². The summed E-state index contributed by atoms with van der Waals surface area (Å²) in [4.78, 5) is 6.94. The van der Waals surface area contributed by atoms with Crippen molar-refractivity contribution in [3.63, 3.8) is 0 Å². The lowest BCUT2D eigenvalue weighted by Gasteiger charge is -2.32. The number of pyridine rings is 1. The molecule has 0 radical (unpaired) electrons. The molecule has 1 aliphatic rings. The fourth-order valence-corrected chi connectivity index (χ4v) is 4.27. The molecule has 0 bridgehead atoms. The molecular weight excluding hydrogens is 351 g/mol. The Bertz CT molecular complexity index is 1100. The number of halogens is 1. The van der Waals surface area contributed by atoms with Crippen LogP contribution in [0.15, 0.2) is 53.6 Å². The van der Waals surface area contributed by atoms with Gasteiger partial charge in [0, 0.05) is 42.2 Å². The molecule has 4 rings (SSSR count). The first-order valence-electron chi connectivity index (χ1n) is 8.53. The Morgan fingerprint density at radius 3 is 2.85 bits per heavy atom. The van der Waals surface area contributed by atoms with Gasteiger partial charge in [-0.2, -0.15) is 0 Å². The number of rotatable bonds is 3. The number of fused-ring (bicyclic) bond motifs is 2. The lowest BCUT2D eigenvalue weighted by molar-refractivity contribution is 0.601. The van der Waals surface area contributed by atoms with Gasteiger partial charge in [-0.05, 0) is 54.8 Å². The first kappa shape index (κ1) is 17.0. The highest BCUT2D eigenvalue weighted by Gasteiger charge is 2.20. The van der Waals surface area contributed by atoms with Crippen LogP contribution in [-0.4, -0.2) is 26.2 Å². The van der Waals surface area contributed by atoms with Gasteiger partial charge in [-0.1, -0.05) is 6.07 Å². The molecule has 1 aromatic heterocycles. The van der Waals surface area contributed by atoms with E-state index in [0.717, 1.165) is 47.1 Å². The van der Waals surface area contributed by atoms with Gasteiger partial charge in [0.15, 0.2) is 9.84 Å². The first-order chi connectivity index (χ1) is 12.4. The minimum Gasteiger partial charge on any atom is -0.367 e. The summed E-state index contributed by atoms with van der Waals surface area (Å²) in [6, 6.07) is 12.0. The Morgan fingerprint density at radius 2 is 2.04 bits per heavy atom. The molecule has 134 valence electrons. The van der Waals surface area contributed by atoms with Gasteiger partial charge in [0.05, 0.1) is 10.4 Å². The Hall–Kier alpha value is -2.47. The third-order valence-electron chi connectivity index (χ3n) is 4.80. The molecule has 1 aliphatic heterocycles. The minimum atomic E-state index is -3.23. The van der Waals surface area contributed by atoms with Gasteiger partial charge >= 0.3 is 0 Å². The van der Waals surface area contributed by atoms with E-state index in [0.29, 0.717) is 11.4 Å². The summed E-state index contributed by atoms with van der Waals surface area (Å²) in [7, 11) is -3.23. The molecule has 26 heavy (non-hydrogen) atoms. The zero-order valence-electron chi connectivity index (χ0n) is 14.4. The van der Waals surface area contributed by atoms with E-state index in [9.17, 15) is 12.8 Å². The van der Waals surface area contributed by atoms with Crippen LogP contribution in [0.5, 0.6) is 0 Å². The molecule has 3 aromatic rings. The van der Waals surface area contributed by atoms with E-state index in [1.54, 1.807) is 24.4 Å². The van der Waals surface area contributed by atoms with Crippen molar-refractivity contribution in [3.05, 3.63) is 65.6 Å². The number of nitrogens with zero attached hydrogens (tertiary/aromatic N) is 2. The maximum absolute atomic E-state index is 14.0. The van der Waals surface area contributed by atoms with E-state index in [1.807, 2.05) is 12.1 Å². The van der Waals surface area contributed by atoms with Crippen molar-refractivity contribution in [2.24, 2.45) is 0 Å². The third-order valence-corrected chi connectivity index (χ3v) is 5.91. The van der Waals surface area contributed by atoms with E-state index in [1.165, 1.54) is 18.4 Å². The van der Waals surface area contributed by atoms with E-state index in [-0.39, 0.29) is 5.82 Å². The van der Waals surface area contributed by atoms with Crippen molar-refractivity contribution < 1.29 is 12.8 Å². The predicted octanol–water partition coefficient (Wildman–Crippen LogP) is 3.73. The second kappa shape index (κ2) is 6.36. The van der Waals surface area contributed by atoms with E-state index in [2.05, 4.69) is 9.88 Å². The van der Waals surface area contributed by atoms with Crippen molar-refractivity contribution in [2.75, 3.05) is 17.7 Å². The normalized spacial score (nSPS) is 14.5. The summed E-state index contributed by atoms with van der Waals surface area (Å²) < 4.78 is 37.6. The fourth-order valence-electron chi connectivity index (χ4n) is 3.60. The molecule has 0 saturated carbocycles. The van der Waals surface area contributed by atoms with E-state index < -0.39 is 9.84 Å². The molecule has 6 heteroatoms. The van der Waals surface area contributed by atoms with Crippen molar-refractivity contribution in [2.45, 2.75) is 24.3 Å². The number of hydrogen-bond donors (Lipinski definition) is 0. The molecule has 4 nitrogen and oxygen atoms in total. The monoisotopic (exact) mass is 370 g/mol. The van der Waals surface area contributed by atoms with Gasteiger partial charge in [0.2, 0.25) is 0 Å². The highest BCUT2D eigenvalue weighted by Crippen LogP contribution is 2.31. The molecule has 0 unspecified atom stereocenters. The number of aromatic nitrogens is 1. The highest BCUT2D eigenvalue weighted by atomic mass is 32.2. The molecular formula is C20H19FN2O2S. The third kappa shape index (κ3) is 3.17. The molecule has 0 amide bonds. The van der Waals surface area contributed by atoms with Crippen LogP contribution < -0.4 is 4.90 Å². The molecule has 0 atom stereocenters. The largest absolute Gasteiger partial charge is 0.367 e. The lowest BCUT2D eigenvalue weighted by Crippen LogP contribution is -2.29. The summed E-state index contributed by atoms with van der Waals surface area (Å²) in [6.45, 7) is 1.38. The Kier molecular flexibility index (Phi) is 4.15. The molecule has 0 saturated heterocycles. The second-order valence-corrected chi connectivity index (χ2v) is 8.74. The van der Waals surface area contributed by atoms with Crippen molar-refractivity contribution >= 4 is 26.4 Å². The average molecular weight is 370 g/mol. The SMILES string of the molecule is CS(=O)(=O)c1ccc2c(c1)CCCN2Cc1cc(F)cc2cccnc12. The molecule has 0 N–H and O–H groups in total. The number of benzene rings is 2. The van der Waals surface area contributed by atoms with Crippen LogP contribution in [0.3, 0.4) is 0 Å². The summed E-state index contributed by atoms with van der Waals surface area (Å²) >= 11 is 0. The zero-order valence-corrected chi connectivity index (χ0v) is 15.3. The maximum atomic E-state index is 14.0. The second-order valence-electron chi connectivity index (χ2n) is 6.73. The van der Waals surface area contributed by atoms with Gasteiger partial charge in [-0.15, -0.1) is 0 Å². The maximum Gasteiger partial charge on any atom is 0.175 e. The molecule has 2 heterocycles. The van der Waals surface area contributed by atoms with Crippen LogP contribution in [0.25, 0.3) is 10.9 Å². The summed E-state index contributed by atoms with van der Waals surface area (Å²) in [5.41, 5.74) is 3.67. The van der Waals surface area contributed by atoms with Crippen LogP contribution in [0.2, 0.25) is 0 Å². The summed E-state index contributed by atoms with van der Waals surface area (Å²) in [6.07, 6.45) is 4.71. The van der Waals surface area contributed by atoms with Crippen LogP contribution >= 0.6 is 0 Å². The molecule has 2 aromatic carbocycles. The summed E-state index contributed by atoms with van der Waals surface area (Å²) in [5, 5.41) is 0.784. The van der Waals surface area contributed by atoms with Crippen molar-refractivity contribution in [1.29, 1.82) is 0 Å². The molecule has 0 spiro atoms. The summed E-state index contributed by atoms with van der Waals surface area (Å²) in [5.74, 6) is -0.273. The van der Waals surface area contributed by atoms with Gasteiger partial charge in [-0.3, -0.25) is 4.98 Å². The van der Waals surface area contributed by atoms with Crippen LogP contribution in [0.4, 0.5) is 10.1 Å². The predicted molar refractivity (Wildman–Crippen MR) is 101 cm³/mol. The number of sulfone groups is 1. The molecule has 0 fully saturated rings. The van der Waals surface area contributed by atoms with Crippen LogP contribution in [-0.2, 0) is 22.8 Å². The van der Waals surface area contributed by atoms with E-state index >= 15 is 0 Å². The topological polar surface area (TPSA) is 50.3 Å². The highest BCUT2D eigenvalue weighted by molar-refractivity contribution is 7.90. The van der Waals surface area contributed by atoms with Gasteiger partial charge in [0.25, 0.3) is 0 Å². The standard InChI is InChI=1S/C20H19FN2O2S/c1-26(24,25)18-6-7-19-14(12-18)5-3-9-23(19)13-16-11-17(21)10-15-4-2-8-22-20(15)16/h2,4,6-8,10-12H,3,5,9,13H2,1H3. The first-order valence-corrected chi connectivity index (χ1v) is 10.4. The molecule has 0 aliphatic carbocycles. The Morgan fingerprint density at radius 1 is 1.19 bits per heavy atom. The van der Waals surface area contributed by atoms with Gasteiger partial charge in [-0.25, -0.2) is 12.8 Å². The van der Waals surface area contributed by atoms with Crippen LogP contribution in [0, 0.1) is 5.82 Å². The minimum absolute atomic E-state index is 0.273. The zero-order chi connectivity index (χ0) is 18.3. The average Bonchev–Trinajstić information content (AvgIpc) is 2.60. The van der Waals surface area contributed by atoms with Crippen LogP contribution in [0.1, 0.15) is 17.5 Å². The van der Waals surface area contributed by atoms with E-state index in [4.69, 9.17) is 0 Å². The smallest absolute Gasteiger partial charge is 0.175 e. The Balaban J connectivity index is 1.74. The van der Waals surface area contributed by atoms with Gasteiger partial charge in [0.1, 0.15) is 5.82 Å². The number of hydrogen-bond acceptors (Lipinski definition) is 4. The Labute approximate surface area is 152 Å². The fraction of sp³-hybridized carbons (Fsp3) is 0.250. The lowest BCUT2D eigenvalue weighted by atomic mass is 10.0. The van der Waals surface area contributed by atoms with Crippen molar-refractivity contribution in [3.8, 4) is 0 Å². The number of aryl methyl sites for hydroxylation is 1. The van der Waals surface area contributed by atoms with Crippen molar-refractivity contribution in [1.82, 2.24) is 4.98 Å². The number of anilines is 1. The quantitative estimate of drug-likeness (QED) is 0.705.